The van der Waals surface area contributed by atoms with Crippen molar-refractivity contribution in [2.75, 3.05) is 0 Å². The molecule has 1 aromatic rings. The van der Waals surface area contributed by atoms with Gasteiger partial charge in [0.2, 0.25) is 0 Å². The molecule has 0 spiro atoms. The van der Waals surface area contributed by atoms with Gasteiger partial charge in [-0.05, 0) is 19.7 Å². The van der Waals surface area contributed by atoms with Crippen molar-refractivity contribution in [3.63, 3.8) is 0 Å². The van der Waals surface area contributed by atoms with Crippen molar-refractivity contribution in [1.82, 2.24) is 10.2 Å². The maximum absolute atomic E-state index is 12.3. The van der Waals surface area contributed by atoms with Gasteiger partial charge >= 0.3 is 0 Å². The van der Waals surface area contributed by atoms with E-state index < -0.39 is 0 Å². The summed E-state index contributed by atoms with van der Waals surface area (Å²) >= 11 is 0. The van der Waals surface area contributed by atoms with E-state index in [1.807, 2.05) is 0 Å². The molecular weight excluding hydrogens is 145 g/mol. The fraction of sp³-hybridized carbons (Fsp3) is 0.143. The van der Waals surface area contributed by atoms with E-state index in [-0.39, 0.29) is 5.83 Å². The summed E-state index contributed by atoms with van der Waals surface area (Å²) < 4.78 is 12.3. The summed E-state index contributed by atoms with van der Waals surface area (Å²) in [5, 5.41) is 6.26. The molecule has 0 bridgehead atoms. The number of halogens is 1. The van der Waals surface area contributed by atoms with Crippen molar-refractivity contribution in [3.05, 3.63) is 17.7 Å². The lowest BCUT2D eigenvalue weighted by molar-refractivity contribution is 0.648. The first-order valence-corrected chi connectivity index (χ1v) is 3.08. The minimum atomic E-state index is -0.292. The van der Waals surface area contributed by atoms with Crippen LogP contribution in [0.1, 0.15) is 12.6 Å². The lowest BCUT2D eigenvalue weighted by atomic mass is 10.3. The Morgan fingerprint density at radius 1 is 1.91 bits per heavy atom. The average Bonchev–Trinajstić information content (AvgIpc) is 2.34. The van der Waals surface area contributed by atoms with Gasteiger partial charge in [-0.2, -0.15) is 5.10 Å². The first kappa shape index (κ1) is 7.65. The van der Waals surface area contributed by atoms with Gasteiger partial charge in [-0.1, -0.05) is 0 Å². The highest BCUT2D eigenvalue weighted by Crippen LogP contribution is 2.17. The fourth-order valence-electron chi connectivity index (χ4n) is 0.721. The van der Waals surface area contributed by atoms with Crippen LogP contribution in [0.4, 0.5) is 10.1 Å². The van der Waals surface area contributed by atoms with Gasteiger partial charge in [-0.25, -0.2) is 4.39 Å². The number of nitrogens with one attached hydrogen (secondary N) is 1. The average molecular weight is 153 g/mol. The van der Waals surface area contributed by atoms with Gasteiger partial charge in [0.1, 0.15) is 5.69 Å². The Labute approximate surface area is 63.7 Å². The Morgan fingerprint density at radius 2 is 2.64 bits per heavy atom. The minimum Gasteiger partial charge on any atom is -0.276 e. The molecule has 0 aromatic carbocycles. The third-order valence-electron chi connectivity index (χ3n) is 1.16. The van der Waals surface area contributed by atoms with Gasteiger partial charge < -0.3 is 0 Å². The quantitative estimate of drug-likeness (QED) is 0.649. The van der Waals surface area contributed by atoms with Gasteiger partial charge in [0, 0.05) is 0 Å². The predicted octanol–water partition coefficient (Wildman–Crippen LogP) is 2.07. The Morgan fingerprint density at radius 3 is 3.18 bits per heavy atom. The molecule has 0 unspecified atom stereocenters. The molecule has 1 aromatic heterocycles. The van der Waals surface area contributed by atoms with Crippen LogP contribution in [0.15, 0.2) is 17.0 Å². The van der Waals surface area contributed by atoms with Crippen LogP contribution >= 0.6 is 0 Å². The molecule has 1 N–H and O–H groups in total. The molecule has 1 rings (SSSR count). The Hall–Kier alpha value is -1.45. The van der Waals surface area contributed by atoms with Gasteiger partial charge in [-0.3, -0.25) is 10.1 Å². The van der Waals surface area contributed by atoms with Gasteiger partial charge in [-0.15, -0.1) is 0 Å². The molecule has 0 aliphatic carbocycles. The molecule has 4 heteroatoms. The molecule has 0 saturated heterocycles. The number of aliphatic imine (C=N–C) groups is 1. The maximum atomic E-state index is 12.3. The third-order valence-corrected chi connectivity index (χ3v) is 1.16. The van der Waals surface area contributed by atoms with Crippen molar-refractivity contribution < 1.29 is 4.39 Å². The van der Waals surface area contributed by atoms with E-state index in [2.05, 4.69) is 21.9 Å². The monoisotopic (exact) mass is 153 g/mol. The van der Waals surface area contributed by atoms with Gasteiger partial charge in [0.05, 0.1) is 17.7 Å². The maximum Gasteiger partial charge on any atom is 0.107 e. The molecule has 0 fully saturated rings. The number of hydrogen-bond acceptors (Lipinski definition) is 2. The second-order valence-electron chi connectivity index (χ2n) is 2.06. The van der Waals surface area contributed by atoms with E-state index >= 15 is 0 Å². The number of aromatic nitrogens is 2. The lowest BCUT2D eigenvalue weighted by Crippen LogP contribution is -1.72. The van der Waals surface area contributed by atoms with E-state index in [1.54, 1.807) is 0 Å². The number of hydrogen-bond donors (Lipinski definition) is 1. The van der Waals surface area contributed by atoms with Crippen molar-refractivity contribution >= 4 is 18.5 Å². The Kier molecular flexibility index (Phi) is 2.15. The second-order valence-corrected chi connectivity index (χ2v) is 2.06. The molecule has 0 atom stereocenters. The van der Waals surface area contributed by atoms with E-state index in [1.165, 1.54) is 19.2 Å². The number of aromatic amines is 1. The molecule has 3 nitrogen and oxygen atoms in total. The Bertz CT molecular complexity index is 284. The zero-order valence-corrected chi connectivity index (χ0v) is 6.13. The predicted molar refractivity (Wildman–Crippen MR) is 42.6 cm³/mol. The topological polar surface area (TPSA) is 41.0 Å². The van der Waals surface area contributed by atoms with Crippen LogP contribution in [0.5, 0.6) is 0 Å². The zero-order valence-electron chi connectivity index (χ0n) is 6.13. The van der Waals surface area contributed by atoms with E-state index in [9.17, 15) is 4.39 Å². The summed E-state index contributed by atoms with van der Waals surface area (Å²) in [6.45, 7) is 4.66. The molecular formula is C7H8FN3. The highest BCUT2D eigenvalue weighted by Gasteiger charge is 1.98. The molecule has 58 valence electrons. The van der Waals surface area contributed by atoms with Crippen LogP contribution in [0.3, 0.4) is 0 Å². The first-order valence-electron chi connectivity index (χ1n) is 3.08. The number of allylic oxidation sites excluding steroid dienone is 1. The number of H-pyrrole nitrogens is 1. The molecule has 0 aliphatic heterocycles. The second kappa shape index (κ2) is 3.09. The molecule has 0 saturated carbocycles. The summed E-state index contributed by atoms with van der Waals surface area (Å²) in [5.74, 6) is -0.292. The number of nitrogens with zero attached hydrogens (tertiary/aromatic N) is 2. The van der Waals surface area contributed by atoms with E-state index in [4.69, 9.17) is 0 Å². The van der Waals surface area contributed by atoms with Crippen molar-refractivity contribution in [2.45, 2.75) is 6.92 Å². The van der Waals surface area contributed by atoms with Gasteiger partial charge in [0.15, 0.2) is 0 Å². The fourth-order valence-corrected chi connectivity index (χ4v) is 0.721. The van der Waals surface area contributed by atoms with Crippen molar-refractivity contribution in [3.8, 4) is 0 Å². The highest BCUT2D eigenvalue weighted by molar-refractivity contribution is 5.62. The largest absolute Gasteiger partial charge is 0.276 e. The van der Waals surface area contributed by atoms with E-state index in [0.717, 1.165) is 0 Å². The molecule has 0 radical (unpaired) electrons. The highest BCUT2D eigenvalue weighted by atomic mass is 19.1. The normalized spacial score (nSPS) is 11.6. The van der Waals surface area contributed by atoms with Crippen LogP contribution in [0, 0.1) is 0 Å². The molecule has 0 amide bonds. The first-order chi connectivity index (χ1) is 5.24. The summed E-state index contributed by atoms with van der Waals surface area (Å²) in [5.41, 5.74) is 1.10. The third kappa shape index (κ3) is 1.73. The minimum absolute atomic E-state index is 0.292. The van der Waals surface area contributed by atoms with Crippen molar-refractivity contribution in [1.29, 1.82) is 0 Å². The SMILES string of the molecule is C=Nc1cn[nH]c1/C=C(\C)F. The summed E-state index contributed by atoms with van der Waals surface area (Å²) in [4.78, 5) is 3.63. The lowest BCUT2D eigenvalue weighted by Gasteiger charge is -1.87. The molecule has 0 aliphatic rings. The van der Waals surface area contributed by atoms with Crippen LogP contribution in [-0.2, 0) is 0 Å². The van der Waals surface area contributed by atoms with Crippen LogP contribution in [0.2, 0.25) is 0 Å². The standard InChI is InChI=1S/C7H8FN3/c1-5(8)3-6-7(9-2)4-10-11-6/h3-4H,2H2,1H3,(H,10,11)/b5-3+. The summed E-state index contributed by atoms with van der Waals surface area (Å²) in [6, 6.07) is 0. The number of rotatable bonds is 2. The summed E-state index contributed by atoms with van der Waals surface area (Å²) in [6.07, 6.45) is 2.80. The smallest absolute Gasteiger partial charge is 0.107 e. The van der Waals surface area contributed by atoms with E-state index in [0.29, 0.717) is 11.4 Å². The van der Waals surface area contributed by atoms with Crippen molar-refractivity contribution in [2.24, 2.45) is 4.99 Å². The Balaban J connectivity index is 3.03. The van der Waals surface area contributed by atoms with Crippen LogP contribution < -0.4 is 0 Å². The molecule has 1 heterocycles. The molecule has 11 heavy (non-hydrogen) atoms. The van der Waals surface area contributed by atoms with Crippen LogP contribution in [0.25, 0.3) is 6.08 Å². The van der Waals surface area contributed by atoms with Crippen LogP contribution in [-0.4, -0.2) is 16.9 Å². The van der Waals surface area contributed by atoms with Gasteiger partial charge in [0.25, 0.3) is 0 Å². The summed E-state index contributed by atoms with van der Waals surface area (Å²) in [7, 11) is 0. The zero-order chi connectivity index (χ0) is 8.27.